The Kier molecular flexibility index (Phi) is 5.72. The molecule has 0 unspecified atom stereocenters. The lowest BCUT2D eigenvalue weighted by Crippen LogP contribution is -2.28. The molecule has 0 saturated carbocycles. The van der Waals surface area contributed by atoms with Crippen LogP contribution in [0.4, 0.5) is 9.18 Å². The highest BCUT2D eigenvalue weighted by Crippen LogP contribution is 2.38. The summed E-state index contributed by atoms with van der Waals surface area (Å²) in [5.41, 5.74) is 0.688. The van der Waals surface area contributed by atoms with Crippen molar-refractivity contribution in [2.45, 2.75) is 6.54 Å². The Balaban J connectivity index is 1.92. The molecule has 27 heavy (non-hydrogen) atoms. The second-order valence-electron chi connectivity index (χ2n) is 5.55. The second kappa shape index (κ2) is 8.02. The molecule has 0 atom stereocenters. The average molecular weight is 408 g/mol. The van der Waals surface area contributed by atoms with Crippen LogP contribution in [0.15, 0.2) is 41.3 Å². The van der Waals surface area contributed by atoms with Crippen LogP contribution >= 0.6 is 23.4 Å². The third-order valence-electron chi connectivity index (χ3n) is 3.97. The number of thioether (sulfide) groups is 1. The zero-order valence-electron chi connectivity index (χ0n) is 14.5. The Hall–Kier alpha value is -2.51. The number of imide groups is 1. The maximum atomic E-state index is 14.0. The van der Waals surface area contributed by atoms with Crippen molar-refractivity contribution >= 4 is 40.6 Å². The van der Waals surface area contributed by atoms with Crippen molar-refractivity contribution in [2.75, 3.05) is 14.2 Å². The van der Waals surface area contributed by atoms with Gasteiger partial charge in [0.25, 0.3) is 11.1 Å². The van der Waals surface area contributed by atoms with E-state index in [2.05, 4.69) is 0 Å². The van der Waals surface area contributed by atoms with Crippen LogP contribution in [0.2, 0.25) is 5.02 Å². The largest absolute Gasteiger partial charge is 0.493 e. The summed E-state index contributed by atoms with van der Waals surface area (Å²) < 4.78 is 24.6. The van der Waals surface area contributed by atoms with Gasteiger partial charge < -0.3 is 9.47 Å². The van der Waals surface area contributed by atoms with E-state index < -0.39 is 17.0 Å². The number of nitrogens with zero attached hydrogens (tertiary/aromatic N) is 1. The molecular weight excluding hydrogens is 393 g/mol. The van der Waals surface area contributed by atoms with Crippen molar-refractivity contribution in [3.8, 4) is 11.5 Å². The van der Waals surface area contributed by atoms with Crippen molar-refractivity contribution in [3.05, 3.63) is 63.3 Å². The molecule has 0 radical (unpaired) electrons. The molecule has 1 fully saturated rings. The Labute approximate surface area is 164 Å². The predicted molar refractivity (Wildman–Crippen MR) is 102 cm³/mol. The van der Waals surface area contributed by atoms with Gasteiger partial charge in [0.05, 0.1) is 25.7 Å². The van der Waals surface area contributed by atoms with Crippen LogP contribution in [0.25, 0.3) is 6.08 Å². The lowest BCUT2D eigenvalue weighted by molar-refractivity contribution is -0.123. The molecule has 0 N–H and O–H groups in total. The van der Waals surface area contributed by atoms with E-state index in [0.29, 0.717) is 17.1 Å². The fraction of sp³-hybridized carbons (Fsp3) is 0.158. The summed E-state index contributed by atoms with van der Waals surface area (Å²) in [7, 11) is 2.99. The molecule has 0 aliphatic carbocycles. The quantitative estimate of drug-likeness (QED) is 0.670. The van der Waals surface area contributed by atoms with Gasteiger partial charge in [0, 0.05) is 16.1 Å². The Bertz CT molecular complexity index is 927. The van der Waals surface area contributed by atoms with Gasteiger partial charge in [-0.25, -0.2) is 4.39 Å². The van der Waals surface area contributed by atoms with Gasteiger partial charge in [-0.05, 0) is 36.0 Å². The highest BCUT2D eigenvalue weighted by Gasteiger charge is 2.36. The topological polar surface area (TPSA) is 55.8 Å². The van der Waals surface area contributed by atoms with Crippen molar-refractivity contribution in [1.82, 2.24) is 4.90 Å². The van der Waals surface area contributed by atoms with Crippen molar-refractivity contribution in [1.29, 1.82) is 0 Å². The van der Waals surface area contributed by atoms with Crippen LogP contribution in [-0.4, -0.2) is 30.3 Å². The maximum Gasteiger partial charge on any atom is 0.293 e. The van der Waals surface area contributed by atoms with Crippen LogP contribution < -0.4 is 9.47 Å². The maximum absolute atomic E-state index is 14.0. The van der Waals surface area contributed by atoms with Crippen molar-refractivity contribution in [3.63, 3.8) is 0 Å². The van der Waals surface area contributed by atoms with E-state index in [1.54, 1.807) is 24.3 Å². The Morgan fingerprint density at radius 3 is 2.56 bits per heavy atom. The highest BCUT2D eigenvalue weighted by atomic mass is 35.5. The smallest absolute Gasteiger partial charge is 0.293 e. The minimum absolute atomic E-state index is 0.0988. The van der Waals surface area contributed by atoms with Crippen LogP contribution in [0.1, 0.15) is 11.1 Å². The standard InChI is InChI=1S/C19H15ClFNO4S/c1-25-15-8-3-5-11(17(15)26-2)9-16-18(23)22(19(24)27-16)10-12-13(20)6-4-7-14(12)21/h3-9H,10H2,1-2H3. The van der Waals surface area contributed by atoms with Gasteiger partial charge in [0.15, 0.2) is 11.5 Å². The van der Waals surface area contributed by atoms with E-state index in [-0.39, 0.29) is 22.0 Å². The molecular formula is C19H15ClFNO4S. The lowest BCUT2D eigenvalue weighted by Gasteiger charge is -2.14. The van der Waals surface area contributed by atoms with Crippen LogP contribution in [0, 0.1) is 5.82 Å². The van der Waals surface area contributed by atoms with E-state index in [4.69, 9.17) is 21.1 Å². The average Bonchev–Trinajstić information content (AvgIpc) is 2.91. The summed E-state index contributed by atoms with van der Waals surface area (Å²) in [6, 6.07) is 9.42. The molecule has 1 aliphatic heterocycles. The summed E-state index contributed by atoms with van der Waals surface area (Å²) in [5.74, 6) is -0.137. The third-order valence-corrected chi connectivity index (χ3v) is 5.23. The van der Waals surface area contributed by atoms with Crippen LogP contribution in [0.5, 0.6) is 11.5 Å². The molecule has 2 aromatic rings. The minimum Gasteiger partial charge on any atom is -0.493 e. The molecule has 0 aromatic heterocycles. The van der Waals surface area contributed by atoms with Gasteiger partial charge in [-0.1, -0.05) is 29.8 Å². The number of para-hydroxylation sites is 1. The van der Waals surface area contributed by atoms with Gasteiger partial charge in [0.2, 0.25) is 0 Å². The zero-order valence-corrected chi connectivity index (χ0v) is 16.1. The first-order valence-electron chi connectivity index (χ1n) is 7.85. The first kappa shape index (κ1) is 19.3. The summed E-state index contributed by atoms with van der Waals surface area (Å²) in [6.07, 6.45) is 1.55. The normalized spacial score (nSPS) is 15.6. The number of rotatable bonds is 5. The molecule has 1 heterocycles. The molecule has 2 amide bonds. The zero-order chi connectivity index (χ0) is 19.6. The lowest BCUT2D eigenvalue weighted by atomic mass is 10.1. The highest BCUT2D eigenvalue weighted by molar-refractivity contribution is 8.18. The predicted octanol–water partition coefficient (Wildman–Crippen LogP) is 4.73. The number of hydrogen-bond donors (Lipinski definition) is 0. The first-order valence-corrected chi connectivity index (χ1v) is 9.05. The van der Waals surface area contributed by atoms with Gasteiger partial charge in [-0.2, -0.15) is 0 Å². The number of amides is 2. The summed E-state index contributed by atoms with van der Waals surface area (Å²) >= 11 is 6.78. The van der Waals surface area contributed by atoms with Crippen molar-refractivity contribution in [2.24, 2.45) is 0 Å². The fourth-order valence-electron chi connectivity index (χ4n) is 2.64. The molecule has 0 bridgehead atoms. The monoisotopic (exact) mass is 407 g/mol. The van der Waals surface area contributed by atoms with Gasteiger partial charge in [-0.3, -0.25) is 14.5 Å². The van der Waals surface area contributed by atoms with Crippen molar-refractivity contribution < 1.29 is 23.5 Å². The molecule has 140 valence electrons. The molecule has 3 rings (SSSR count). The van der Waals surface area contributed by atoms with Gasteiger partial charge in [-0.15, -0.1) is 0 Å². The summed E-state index contributed by atoms with van der Waals surface area (Å²) in [5, 5.41) is -0.333. The number of hydrogen-bond acceptors (Lipinski definition) is 5. The molecule has 1 aliphatic rings. The Morgan fingerprint density at radius 2 is 1.89 bits per heavy atom. The molecule has 5 nitrogen and oxygen atoms in total. The molecule has 0 spiro atoms. The van der Waals surface area contributed by atoms with E-state index in [1.165, 1.54) is 32.4 Å². The third kappa shape index (κ3) is 3.79. The first-order chi connectivity index (χ1) is 13.0. The summed E-state index contributed by atoms with van der Waals surface area (Å²) in [6.45, 7) is -0.233. The molecule has 1 saturated heterocycles. The Morgan fingerprint density at radius 1 is 1.15 bits per heavy atom. The van der Waals surface area contributed by atoms with Crippen LogP contribution in [0.3, 0.4) is 0 Å². The van der Waals surface area contributed by atoms with Gasteiger partial charge >= 0.3 is 0 Å². The minimum atomic E-state index is -0.569. The van der Waals surface area contributed by atoms with Gasteiger partial charge in [0.1, 0.15) is 5.82 Å². The SMILES string of the molecule is COc1cccc(C=C2SC(=O)N(Cc3c(F)cccc3Cl)C2=O)c1OC. The second-order valence-corrected chi connectivity index (χ2v) is 6.95. The molecule has 2 aromatic carbocycles. The fourth-order valence-corrected chi connectivity index (χ4v) is 3.70. The van der Waals surface area contributed by atoms with E-state index in [0.717, 1.165) is 16.7 Å². The number of carbonyl (C=O) groups is 2. The summed E-state index contributed by atoms with van der Waals surface area (Å²) in [4.78, 5) is 26.1. The number of halogens is 2. The van der Waals surface area contributed by atoms with E-state index >= 15 is 0 Å². The number of benzene rings is 2. The molecule has 8 heteroatoms. The van der Waals surface area contributed by atoms with Crippen LogP contribution in [-0.2, 0) is 11.3 Å². The number of ether oxygens (including phenoxy) is 2. The van der Waals surface area contributed by atoms with E-state index in [9.17, 15) is 14.0 Å². The van der Waals surface area contributed by atoms with E-state index in [1.807, 2.05) is 0 Å². The number of carbonyl (C=O) groups excluding carboxylic acids is 2. The number of methoxy groups -OCH3 is 2.